The Morgan fingerprint density at radius 1 is 1.30 bits per heavy atom. The van der Waals surface area contributed by atoms with Gasteiger partial charge in [0.05, 0.1) is 6.61 Å². The van der Waals surface area contributed by atoms with E-state index >= 15 is 0 Å². The molecule has 0 atom stereocenters. The van der Waals surface area contributed by atoms with Crippen LogP contribution in [-0.2, 0) is 9.53 Å². The molecule has 0 saturated heterocycles. The third-order valence-electron chi connectivity index (χ3n) is 2.12. The molecule has 10 heavy (non-hydrogen) atoms. The Kier molecular flexibility index (Phi) is 3.27. The van der Waals surface area contributed by atoms with Crippen molar-refractivity contribution < 1.29 is 9.53 Å². The zero-order valence-corrected chi connectivity index (χ0v) is 6.21. The van der Waals surface area contributed by atoms with Crippen LogP contribution in [0.4, 0.5) is 0 Å². The summed E-state index contributed by atoms with van der Waals surface area (Å²) in [7, 11) is 0. The van der Waals surface area contributed by atoms with E-state index in [4.69, 9.17) is 4.74 Å². The molecule has 0 spiro atoms. The van der Waals surface area contributed by atoms with Crippen molar-refractivity contribution in [2.24, 2.45) is 5.92 Å². The highest BCUT2D eigenvalue weighted by Crippen LogP contribution is 2.23. The lowest BCUT2D eigenvalue weighted by atomic mass is 9.90. The van der Waals surface area contributed by atoms with Gasteiger partial charge in [-0.1, -0.05) is 19.3 Å². The minimum absolute atomic E-state index is 0.550. The van der Waals surface area contributed by atoms with Crippen LogP contribution in [0.5, 0.6) is 0 Å². The van der Waals surface area contributed by atoms with E-state index in [1.165, 1.54) is 32.1 Å². The molecule has 1 fully saturated rings. The first-order chi connectivity index (χ1) is 4.93. The summed E-state index contributed by atoms with van der Waals surface area (Å²) < 4.78 is 4.69. The molecule has 58 valence electrons. The molecule has 1 aliphatic carbocycles. The van der Waals surface area contributed by atoms with Gasteiger partial charge in [-0.05, 0) is 18.8 Å². The lowest BCUT2D eigenvalue weighted by Crippen LogP contribution is -2.12. The summed E-state index contributed by atoms with van der Waals surface area (Å²) in [5, 5.41) is 0. The second kappa shape index (κ2) is 4.31. The lowest BCUT2D eigenvalue weighted by molar-refractivity contribution is -0.130. The molecule has 0 bridgehead atoms. The van der Waals surface area contributed by atoms with Crippen molar-refractivity contribution in [1.82, 2.24) is 0 Å². The molecule has 2 heteroatoms. The monoisotopic (exact) mass is 142 g/mol. The highest BCUT2D eigenvalue weighted by Gasteiger charge is 2.12. The van der Waals surface area contributed by atoms with Crippen molar-refractivity contribution in [2.45, 2.75) is 32.1 Å². The fourth-order valence-electron chi connectivity index (χ4n) is 1.53. The summed E-state index contributed by atoms with van der Waals surface area (Å²) in [6.45, 7) is 1.19. The number of hydrogen-bond donors (Lipinski definition) is 0. The minimum atomic E-state index is 0.550. The molecule has 1 saturated carbocycles. The number of rotatable bonds is 3. The average molecular weight is 142 g/mol. The van der Waals surface area contributed by atoms with Crippen LogP contribution in [0.3, 0.4) is 0 Å². The first-order valence-corrected chi connectivity index (χ1v) is 3.98. The fraction of sp³-hybridized carbons (Fsp3) is 0.875. The van der Waals surface area contributed by atoms with Crippen LogP contribution >= 0.6 is 0 Å². The topological polar surface area (TPSA) is 26.3 Å². The first kappa shape index (κ1) is 7.58. The van der Waals surface area contributed by atoms with E-state index in [2.05, 4.69) is 0 Å². The van der Waals surface area contributed by atoms with E-state index in [-0.39, 0.29) is 0 Å². The van der Waals surface area contributed by atoms with Crippen LogP contribution in [0.15, 0.2) is 0 Å². The van der Waals surface area contributed by atoms with E-state index in [9.17, 15) is 4.79 Å². The molecule has 2 nitrogen and oxygen atoms in total. The van der Waals surface area contributed by atoms with Gasteiger partial charge in [0.15, 0.2) is 0 Å². The van der Waals surface area contributed by atoms with Crippen LogP contribution in [0.1, 0.15) is 32.1 Å². The Bertz CT molecular complexity index is 95.4. The maximum atomic E-state index is 9.83. The molecular formula is C8H14O2. The van der Waals surface area contributed by atoms with Gasteiger partial charge in [-0.15, -0.1) is 0 Å². The summed E-state index contributed by atoms with van der Waals surface area (Å²) in [4.78, 5) is 9.83. The van der Waals surface area contributed by atoms with Gasteiger partial charge in [0, 0.05) is 0 Å². The van der Waals surface area contributed by atoms with Gasteiger partial charge in [-0.3, -0.25) is 4.79 Å². The Morgan fingerprint density at radius 3 is 2.60 bits per heavy atom. The van der Waals surface area contributed by atoms with Gasteiger partial charge in [0.2, 0.25) is 0 Å². The molecule has 0 aromatic heterocycles. The molecule has 0 amide bonds. The van der Waals surface area contributed by atoms with Gasteiger partial charge < -0.3 is 4.74 Å². The quantitative estimate of drug-likeness (QED) is 0.561. The zero-order chi connectivity index (χ0) is 7.23. The molecule has 1 rings (SSSR count). The summed E-state index contributed by atoms with van der Waals surface area (Å²) in [5.74, 6) is 0.652. The molecule has 0 radical (unpaired) electrons. The van der Waals surface area contributed by atoms with Crippen LogP contribution < -0.4 is 0 Å². The van der Waals surface area contributed by atoms with Gasteiger partial charge in [-0.2, -0.15) is 0 Å². The normalized spacial score (nSPS) is 20.4. The Balaban J connectivity index is 2.07. The van der Waals surface area contributed by atoms with Gasteiger partial charge in [-0.25, -0.2) is 0 Å². The molecule has 0 aromatic carbocycles. The highest BCUT2D eigenvalue weighted by atomic mass is 16.5. The van der Waals surface area contributed by atoms with Crippen molar-refractivity contribution >= 4 is 6.47 Å². The predicted molar refractivity (Wildman–Crippen MR) is 38.6 cm³/mol. The average Bonchev–Trinajstić information content (AvgIpc) is 2.03. The van der Waals surface area contributed by atoms with Crippen molar-refractivity contribution in [2.75, 3.05) is 6.61 Å². The maximum absolute atomic E-state index is 9.83. The summed E-state index contributed by atoms with van der Waals surface area (Å²) in [6.07, 6.45) is 6.47. The molecule has 0 N–H and O–H groups in total. The molecule has 0 aromatic rings. The van der Waals surface area contributed by atoms with E-state index in [0.717, 1.165) is 0 Å². The smallest absolute Gasteiger partial charge is 0.293 e. The SMILES string of the molecule is O=COCC1CCCCC1. The third kappa shape index (κ3) is 2.38. The van der Waals surface area contributed by atoms with E-state index < -0.39 is 0 Å². The summed E-state index contributed by atoms with van der Waals surface area (Å²) in [5.41, 5.74) is 0. The fourth-order valence-corrected chi connectivity index (χ4v) is 1.53. The molecule has 0 unspecified atom stereocenters. The molecular weight excluding hydrogens is 128 g/mol. The zero-order valence-electron chi connectivity index (χ0n) is 6.21. The molecule has 0 aliphatic heterocycles. The Labute approximate surface area is 61.6 Å². The van der Waals surface area contributed by atoms with Crippen molar-refractivity contribution in [3.63, 3.8) is 0 Å². The molecule has 1 aliphatic rings. The van der Waals surface area contributed by atoms with Crippen molar-refractivity contribution in [3.8, 4) is 0 Å². The van der Waals surface area contributed by atoms with E-state index in [1.807, 2.05) is 0 Å². The summed E-state index contributed by atoms with van der Waals surface area (Å²) in [6, 6.07) is 0. The van der Waals surface area contributed by atoms with Gasteiger partial charge in [0.1, 0.15) is 0 Å². The lowest BCUT2D eigenvalue weighted by Gasteiger charge is -2.19. The van der Waals surface area contributed by atoms with Gasteiger partial charge in [0.25, 0.3) is 6.47 Å². The first-order valence-electron chi connectivity index (χ1n) is 3.98. The van der Waals surface area contributed by atoms with Gasteiger partial charge >= 0.3 is 0 Å². The van der Waals surface area contributed by atoms with Crippen LogP contribution in [0.25, 0.3) is 0 Å². The van der Waals surface area contributed by atoms with Crippen LogP contribution in [-0.4, -0.2) is 13.1 Å². The standard InChI is InChI=1S/C8H14O2/c9-7-10-6-8-4-2-1-3-5-8/h7-8H,1-6H2. The number of ether oxygens (including phenoxy) is 1. The largest absolute Gasteiger partial charge is 0.468 e. The Hall–Kier alpha value is -0.530. The van der Waals surface area contributed by atoms with E-state index in [1.54, 1.807) is 0 Å². The van der Waals surface area contributed by atoms with Crippen LogP contribution in [0.2, 0.25) is 0 Å². The predicted octanol–water partition coefficient (Wildman–Crippen LogP) is 1.74. The maximum Gasteiger partial charge on any atom is 0.293 e. The molecule has 0 heterocycles. The van der Waals surface area contributed by atoms with Crippen molar-refractivity contribution in [1.29, 1.82) is 0 Å². The van der Waals surface area contributed by atoms with E-state index in [0.29, 0.717) is 19.0 Å². The highest BCUT2D eigenvalue weighted by molar-refractivity contribution is 5.36. The Morgan fingerprint density at radius 2 is 2.00 bits per heavy atom. The number of hydrogen-bond acceptors (Lipinski definition) is 2. The summed E-state index contributed by atoms with van der Waals surface area (Å²) >= 11 is 0. The van der Waals surface area contributed by atoms with Crippen molar-refractivity contribution in [3.05, 3.63) is 0 Å². The minimum Gasteiger partial charge on any atom is -0.468 e. The third-order valence-corrected chi connectivity index (χ3v) is 2.12. The number of carbonyl (C=O) groups is 1. The second-order valence-corrected chi connectivity index (χ2v) is 2.93. The number of carbonyl (C=O) groups excluding carboxylic acids is 1. The second-order valence-electron chi connectivity index (χ2n) is 2.93. The van der Waals surface area contributed by atoms with Crippen LogP contribution in [0, 0.1) is 5.92 Å².